The van der Waals surface area contributed by atoms with Crippen molar-refractivity contribution in [3.8, 4) is 0 Å². The van der Waals surface area contributed by atoms with Crippen LogP contribution in [0.5, 0.6) is 0 Å². The summed E-state index contributed by atoms with van der Waals surface area (Å²) in [6, 6.07) is 15.4. The minimum Gasteiger partial charge on any atom is -0.369 e. The lowest BCUT2D eigenvalue weighted by Crippen LogP contribution is -2.44. The third kappa shape index (κ3) is 6.20. The largest absolute Gasteiger partial charge is 0.369 e. The summed E-state index contributed by atoms with van der Waals surface area (Å²) in [6.07, 6.45) is 2.36. The SMILES string of the molecule is CN1CCN(c2ccc(Cc3nc4c(c(Nc5cccc(S(=O)(=O)NC(C)(C)C)c5)n3)C=NC4)cc2)CC1. The lowest BCUT2D eigenvalue weighted by Gasteiger charge is -2.34. The Bertz CT molecular complexity index is 1440. The lowest BCUT2D eigenvalue weighted by atomic mass is 10.1. The van der Waals surface area contributed by atoms with E-state index in [1.54, 1.807) is 24.4 Å². The van der Waals surface area contributed by atoms with Crippen LogP contribution in [-0.2, 0) is 23.0 Å². The Kier molecular flexibility index (Phi) is 7.21. The fraction of sp³-hybridized carbons (Fsp3) is 0.393. The van der Waals surface area contributed by atoms with Crippen LogP contribution in [0.2, 0.25) is 0 Å². The quantitative estimate of drug-likeness (QED) is 0.479. The van der Waals surface area contributed by atoms with Crippen LogP contribution in [0.4, 0.5) is 17.2 Å². The number of aliphatic imine (C=N–C) groups is 1. The molecule has 0 amide bonds. The standard InChI is InChI=1S/C28H35N7O2S/c1-28(2,3)33-38(36,37)23-7-5-6-21(17-23)30-27-24-18-29-19-25(24)31-26(32-27)16-20-8-10-22(11-9-20)35-14-12-34(4)13-15-35/h5-11,17-18,33H,12-16,19H2,1-4H3,(H,30,31,32). The highest BCUT2D eigenvalue weighted by molar-refractivity contribution is 7.89. The summed E-state index contributed by atoms with van der Waals surface area (Å²) >= 11 is 0. The van der Waals surface area contributed by atoms with Gasteiger partial charge >= 0.3 is 0 Å². The number of fused-ring (bicyclic) bond motifs is 1. The number of hydrogen-bond acceptors (Lipinski definition) is 8. The van der Waals surface area contributed by atoms with Crippen molar-refractivity contribution >= 4 is 33.4 Å². The molecule has 1 aromatic heterocycles. The van der Waals surface area contributed by atoms with Gasteiger partial charge in [-0.2, -0.15) is 0 Å². The third-order valence-electron chi connectivity index (χ3n) is 6.55. The molecule has 5 rings (SSSR count). The van der Waals surface area contributed by atoms with Crippen LogP contribution in [0.3, 0.4) is 0 Å². The van der Waals surface area contributed by atoms with Crippen molar-refractivity contribution in [2.24, 2.45) is 4.99 Å². The zero-order valence-electron chi connectivity index (χ0n) is 22.4. The number of likely N-dealkylation sites (N-methyl/N-ethyl adjacent to an activating group) is 1. The Morgan fingerprint density at radius 3 is 2.42 bits per heavy atom. The highest BCUT2D eigenvalue weighted by Crippen LogP contribution is 2.26. The molecule has 0 unspecified atom stereocenters. The van der Waals surface area contributed by atoms with Crippen molar-refractivity contribution in [3.63, 3.8) is 0 Å². The molecule has 38 heavy (non-hydrogen) atoms. The summed E-state index contributed by atoms with van der Waals surface area (Å²) in [6.45, 7) is 10.2. The number of benzene rings is 2. The molecule has 9 nitrogen and oxygen atoms in total. The molecule has 0 spiro atoms. The van der Waals surface area contributed by atoms with Crippen molar-refractivity contribution in [2.75, 3.05) is 43.4 Å². The summed E-state index contributed by atoms with van der Waals surface area (Å²) in [7, 11) is -1.50. The van der Waals surface area contributed by atoms with E-state index in [0.29, 0.717) is 30.3 Å². The fourth-order valence-electron chi connectivity index (χ4n) is 4.63. The van der Waals surface area contributed by atoms with Crippen LogP contribution in [0, 0.1) is 0 Å². The van der Waals surface area contributed by atoms with Gasteiger partial charge in [0.05, 0.1) is 22.7 Å². The molecule has 0 aliphatic carbocycles. The predicted molar refractivity (Wildman–Crippen MR) is 152 cm³/mol. The fourth-order valence-corrected chi connectivity index (χ4v) is 6.10. The highest BCUT2D eigenvalue weighted by Gasteiger charge is 2.23. The Balaban J connectivity index is 1.35. The van der Waals surface area contributed by atoms with Gasteiger partial charge in [0.2, 0.25) is 10.0 Å². The number of rotatable bonds is 7. The minimum absolute atomic E-state index is 0.192. The highest BCUT2D eigenvalue weighted by atomic mass is 32.2. The Morgan fingerprint density at radius 1 is 0.974 bits per heavy atom. The molecule has 1 fully saturated rings. The van der Waals surface area contributed by atoms with E-state index in [-0.39, 0.29) is 4.90 Å². The number of anilines is 3. The molecule has 200 valence electrons. The summed E-state index contributed by atoms with van der Waals surface area (Å²) in [5.74, 6) is 1.32. The molecular formula is C28H35N7O2S. The molecule has 2 aliphatic rings. The van der Waals surface area contributed by atoms with E-state index in [2.05, 4.69) is 56.1 Å². The zero-order chi connectivity index (χ0) is 26.9. The Labute approximate surface area is 225 Å². The number of piperazine rings is 1. The maximum Gasteiger partial charge on any atom is 0.241 e. The van der Waals surface area contributed by atoms with E-state index in [1.807, 2.05) is 26.8 Å². The number of sulfonamides is 1. The van der Waals surface area contributed by atoms with Crippen molar-refractivity contribution in [2.45, 2.75) is 44.2 Å². The summed E-state index contributed by atoms with van der Waals surface area (Å²) in [4.78, 5) is 18.9. The smallest absolute Gasteiger partial charge is 0.241 e. The number of aromatic nitrogens is 2. The van der Waals surface area contributed by atoms with Crippen LogP contribution in [0.25, 0.3) is 0 Å². The molecular weight excluding hydrogens is 498 g/mol. The molecule has 0 atom stereocenters. The van der Waals surface area contributed by atoms with Crippen molar-refractivity contribution in [1.29, 1.82) is 0 Å². The molecule has 2 aliphatic heterocycles. The zero-order valence-corrected chi connectivity index (χ0v) is 23.2. The molecule has 3 heterocycles. The maximum absolute atomic E-state index is 12.8. The first-order valence-corrected chi connectivity index (χ1v) is 14.4. The third-order valence-corrected chi connectivity index (χ3v) is 8.30. The first-order chi connectivity index (χ1) is 18.1. The molecule has 2 aromatic carbocycles. The second kappa shape index (κ2) is 10.4. The van der Waals surface area contributed by atoms with Crippen molar-refractivity contribution < 1.29 is 8.42 Å². The van der Waals surface area contributed by atoms with Crippen molar-refractivity contribution in [1.82, 2.24) is 19.6 Å². The van der Waals surface area contributed by atoms with E-state index in [0.717, 1.165) is 43.0 Å². The van der Waals surface area contributed by atoms with Crippen LogP contribution < -0.4 is 14.9 Å². The second-order valence-electron chi connectivity index (χ2n) is 11.0. The monoisotopic (exact) mass is 533 g/mol. The summed E-state index contributed by atoms with van der Waals surface area (Å²) in [5.41, 5.74) is 4.12. The molecule has 3 aromatic rings. The van der Waals surface area contributed by atoms with Gasteiger partial charge in [0, 0.05) is 55.7 Å². The average molecular weight is 534 g/mol. The first-order valence-electron chi connectivity index (χ1n) is 12.9. The minimum atomic E-state index is -3.66. The van der Waals surface area contributed by atoms with E-state index in [4.69, 9.17) is 9.97 Å². The van der Waals surface area contributed by atoms with E-state index in [9.17, 15) is 8.42 Å². The van der Waals surface area contributed by atoms with Gasteiger partial charge in [-0.1, -0.05) is 18.2 Å². The van der Waals surface area contributed by atoms with E-state index in [1.165, 1.54) is 5.69 Å². The van der Waals surface area contributed by atoms with Gasteiger partial charge in [-0.3, -0.25) is 4.99 Å². The average Bonchev–Trinajstić information content (AvgIpc) is 3.33. The van der Waals surface area contributed by atoms with Gasteiger partial charge in [-0.25, -0.2) is 23.1 Å². The van der Waals surface area contributed by atoms with Crippen LogP contribution >= 0.6 is 0 Å². The van der Waals surface area contributed by atoms with Gasteiger partial charge in [0.1, 0.15) is 11.6 Å². The number of nitrogens with zero attached hydrogens (tertiary/aromatic N) is 5. The van der Waals surface area contributed by atoms with Gasteiger partial charge in [-0.05, 0) is 63.7 Å². The molecule has 10 heteroatoms. The first kappa shape index (κ1) is 26.3. The summed E-state index contributed by atoms with van der Waals surface area (Å²) in [5, 5.41) is 3.32. The molecule has 1 saturated heterocycles. The van der Waals surface area contributed by atoms with E-state index < -0.39 is 15.6 Å². The predicted octanol–water partition coefficient (Wildman–Crippen LogP) is 3.57. The van der Waals surface area contributed by atoms with Gasteiger partial charge in [-0.15, -0.1) is 0 Å². The van der Waals surface area contributed by atoms with Gasteiger partial charge < -0.3 is 15.1 Å². The van der Waals surface area contributed by atoms with Crippen LogP contribution in [0.15, 0.2) is 58.4 Å². The second-order valence-corrected chi connectivity index (χ2v) is 12.6. The molecule has 0 bridgehead atoms. The van der Waals surface area contributed by atoms with Crippen LogP contribution in [-0.4, -0.2) is 68.3 Å². The Morgan fingerprint density at radius 2 is 1.71 bits per heavy atom. The van der Waals surface area contributed by atoms with Gasteiger partial charge in [0.15, 0.2) is 0 Å². The van der Waals surface area contributed by atoms with Gasteiger partial charge in [0.25, 0.3) is 0 Å². The lowest BCUT2D eigenvalue weighted by molar-refractivity contribution is 0.313. The Hall–Kier alpha value is -3.34. The summed E-state index contributed by atoms with van der Waals surface area (Å²) < 4.78 is 28.4. The normalized spacial score (nSPS) is 16.1. The van der Waals surface area contributed by atoms with Crippen molar-refractivity contribution in [3.05, 3.63) is 71.2 Å². The topological polar surface area (TPSA) is 103 Å². The molecule has 0 radical (unpaired) electrons. The van der Waals surface area contributed by atoms with E-state index >= 15 is 0 Å². The molecule has 2 N–H and O–H groups in total. The number of hydrogen-bond donors (Lipinski definition) is 2. The number of nitrogens with one attached hydrogen (secondary N) is 2. The maximum atomic E-state index is 12.8. The van der Waals surface area contributed by atoms with Crippen LogP contribution in [0.1, 0.15) is 43.4 Å². The molecule has 0 saturated carbocycles.